The molecule has 13 heteroatoms. The third kappa shape index (κ3) is 7.33. The molecule has 2 N–H and O–H groups in total. The summed E-state index contributed by atoms with van der Waals surface area (Å²) < 4.78 is 27.7. The fraction of sp³-hybridized carbons (Fsp3) is 0.385. The first kappa shape index (κ1) is 29.1. The second-order valence-electron chi connectivity index (χ2n) is 10.4. The zero-order valence-electron chi connectivity index (χ0n) is 21.5. The van der Waals surface area contributed by atoms with Crippen LogP contribution in [0.3, 0.4) is 0 Å². The lowest BCUT2D eigenvalue weighted by Crippen LogP contribution is -2.54. The molecule has 2 aromatic rings. The lowest BCUT2D eigenvalue weighted by Gasteiger charge is -2.32. The van der Waals surface area contributed by atoms with E-state index in [-0.39, 0.29) is 36.3 Å². The summed E-state index contributed by atoms with van der Waals surface area (Å²) in [4.78, 5) is 64.3. The first-order chi connectivity index (χ1) is 18.2. The third-order valence-corrected chi connectivity index (χ3v) is 5.96. The summed E-state index contributed by atoms with van der Waals surface area (Å²) in [6.45, 7) is 5.22. The highest BCUT2D eigenvalue weighted by molar-refractivity contribution is 5.99. The largest absolute Gasteiger partial charge is 0.481 e. The summed E-state index contributed by atoms with van der Waals surface area (Å²) in [5.41, 5.74) is -1.06. The van der Waals surface area contributed by atoms with Crippen molar-refractivity contribution in [3.05, 3.63) is 75.3 Å². The number of aliphatic carboxylic acids is 1. The zero-order valence-corrected chi connectivity index (χ0v) is 21.5. The van der Waals surface area contributed by atoms with Gasteiger partial charge in [-0.05, 0) is 23.1 Å². The Morgan fingerprint density at radius 1 is 1.08 bits per heavy atom. The number of amides is 3. The highest BCUT2D eigenvalue weighted by Gasteiger charge is 2.44. The molecule has 0 spiro atoms. The van der Waals surface area contributed by atoms with Crippen LogP contribution in [-0.4, -0.2) is 62.8 Å². The van der Waals surface area contributed by atoms with Crippen molar-refractivity contribution >= 4 is 29.4 Å². The Kier molecular flexibility index (Phi) is 8.62. The average Bonchev–Trinajstić information content (AvgIpc) is 3.27. The molecule has 0 bridgehead atoms. The number of carbonyl (C=O) groups excluding carboxylic acids is 3. The van der Waals surface area contributed by atoms with Gasteiger partial charge in [-0.15, -0.1) is 0 Å². The molecule has 1 saturated heterocycles. The predicted octanol–water partition coefficient (Wildman–Crippen LogP) is 3.25. The van der Waals surface area contributed by atoms with Gasteiger partial charge < -0.3 is 20.2 Å². The minimum absolute atomic E-state index is 0.0108. The van der Waals surface area contributed by atoms with E-state index in [1.54, 1.807) is 20.8 Å². The lowest BCUT2D eigenvalue weighted by molar-refractivity contribution is -0.384. The van der Waals surface area contributed by atoms with Crippen LogP contribution in [0.2, 0.25) is 0 Å². The Hall–Kier alpha value is -4.42. The van der Waals surface area contributed by atoms with Crippen molar-refractivity contribution in [2.45, 2.75) is 45.8 Å². The first-order valence-electron chi connectivity index (χ1n) is 12.0. The Balaban J connectivity index is 1.99. The molecule has 3 amide bonds. The van der Waals surface area contributed by atoms with Crippen molar-refractivity contribution in [1.29, 1.82) is 0 Å². The van der Waals surface area contributed by atoms with Gasteiger partial charge in [0.15, 0.2) is 6.17 Å². The number of carboxylic acids is 1. The lowest BCUT2D eigenvalue weighted by atomic mass is 9.91. The van der Waals surface area contributed by atoms with E-state index >= 15 is 0 Å². The Morgan fingerprint density at radius 2 is 1.69 bits per heavy atom. The van der Waals surface area contributed by atoms with Crippen molar-refractivity contribution in [3.63, 3.8) is 0 Å². The number of nitro groups is 1. The number of nitrogens with zero attached hydrogens (tertiary/aromatic N) is 3. The minimum Gasteiger partial charge on any atom is -0.481 e. The van der Waals surface area contributed by atoms with Crippen molar-refractivity contribution in [3.8, 4) is 0 Å². The van der Waals surface area contributed by atoms with Crippen LogP contribution < -0.4 is 5.32 Å². The van der Waals surface area contributed by atoms with Crippen molar-refractivity contribution < 1.29 is 38.0 Å². The number of nitro benzene ring substituents is 1. The number of benzene rings is 2. The van der Waals surface area contributed by atoms with Crippen LogP contribution in [0.4, 0.5) is 14.5 Å². The molecule has 0 aliphatic carbocycles. The number of rotatable bonds is 8. The molecule has 0 aromatic heterocycles. The molecule has 11 nitrogen and oxygen atoms in total. The average molecular weight is 547 g/mol. The van der Waals surface area contributed by atoms with Crippen LogP contribution >= 0.6 is 0 Å². The molecule has 2 atom stereocenters. The number of hydrogen-bond donors (Lipinski definition) is 2. The fourth-order valence-electron chi connectivity index (χ4n) is 4.31. The van der Waals surface area contributed by atoms with E-state index in [0.717, 1.165) is 28.0 Å². The van der Waals surface area contributed by atoms with E-state index in [1.165, 1.54) is 18.2 Å². The van der Waals surface area contributed by atoms with Crippen LogP contribution in [0.15, 0.2) is 42.5 Å². The summed E-state index contributed by atoms with van der Waals surface area (Å²) in [6.07, 6.45) is -2.20. The maximum Gasteiger partial charge on any atom is 0.305 e. The molecule has 39 heavy (non-hydrogen) atoms. The summed E-state index contributed by atoms with van der Waals surface area (Å²) in [7, 11) is 0. The van der Waals surface area contributed by atoms with Gasteiger partial charge in [-0.1, -0.05) is 32.9 Å². The van der Waals surface area contributed by atoms with Crippen LogP contribution in [0.25, 0.3) is 0 Å². The van der Waals surface area contributed by atoms with Crippen LogP contribution in [-0.2, 0) is 14.4 Å². The smallest absolute Gasteiger partial charge is 0.305 e. The second kappa shape index (κ2) is 11.5. The van der Waals surface area contributed by atoms with E-state index in [0.29, 0.717) is 6.07 Å². The zero-order chi connectivity index (χ0) is 29.1. The summed E-state index contributed by atoms with van der Waals surface area (Å²) in [5, 5.41) is 23.1. The van der Waals surface area contributed by atoms with E-state index in [9.17, 15) is 43.2 Å². The van der Waals surface area contributed by atoms with Gasteiger partial charge in [0.25, 0.3) is 17.5 Å². The molecule has 208 valence electrons. The van der Waals surface area contributed by atoms with E-state index in [2.05, 4.69) is 5.32 Å². The molecular weight excluding hydrogens is 518 g/mol. The molecule has 2 unspecified atom stereocenters. The molecule has 1 fully saturated rings. The molecule has 1 aliphatic rings. The Labute approximate surface area is 222 Å². The summed E-state index contributed by atoms with van der Waals surface area (Å²) in [6, 6.07) is 5.98. The van der Waals surface area contributed by atoms with Gasteiger partial charge in [-0.2, -0.15) is 0 Å². The number of carbonyl (C=O) groups is 4. The standard InChI is InChI=1S/C26H28F2N4O7/c1-26(2,3)14-21(33)30-7-8-31(25(37)16-9-17(27)12-18(28)10-16)24(30)23(36)29-20(13-22(34)35)15-5-4-6-19(11-15)32(38)39/h4-6,9-12,20,24H,7-8,13-14H2,1-3H3,(H,29,36)(H,34,35). The number of non-ortho nitro benzene ring substituents is 1. The molecule has 1 heterocycles. The monoisotopic (exact) mass is 546 g/mol. The van der Waals surface area contributed by atoms with Crippen LogP contribution in [0.5, 0.6) is 0 Å². The van der Waals surface area contributed by atoms with Gasteiger partial charge in [-0.25, -0.2) is 8.78 Å². The maximum absolute atomic E-state index is 13.8. The third-order valence-electron chi connectivity index (χ3n) is 5.96. The SMILES string of the molecule is CC(C)(C)CC(=O)N1CCN(C(=O)c2cc(F)cc(F)c2)C1C(=O)NC(CC(=O)O)c1cccc([N+](=O)[O-])c1. The van der Waals surface area contributed by atoms with Gasteiger partial charge in [0.1, 0.15) is 11.6 Å². The second-order valence-corrected chi connectivity index (χ2v) is 10.4. The fourth-order valence-corrected chi connectivity index (χ4v) is 4.31. The minimum atomic E-state index is -1.56. The number of nitrogens with one attached hydrogen (secondary N) is 1. The molecule has 2 aromatic carbocycles. The number of halogens is 2. The summed E-state index contributed by atoms with van der Waals surface area (Å²) in [5.74, 6) is -5.64. The number of carboxylic acid groups (broad SMARTS) is 1. The van der Waals surface area contributed by atoms with Crippen LogP contribution in [0.1, 0.15) is 55.6 Å². The van der Waals surface area contributed by atoms with Crippen molar-refractivity contribution in [2.24, 2.45) is 5.41 Å². The quantitative estimate of drug-likeness (QED) is 0.381. The highest BCUT2D eigenvalue weighted by atomic mass is 19.1. The first-order valence-corrected chi connectivity index (χ1v) is 12.0. The van der Waals surface area contributed by atoms with E-state index < -0.39 is 64.3 Å². The molecular formula is C26H28F2N4O7. The van der Waals surface area contributed by atoms with Gasteiger partial charge in [0, 0.05) is 43.3 Å². The molecule has 0 saturated carbocycles. The maximum atomic E-state index is 13.8. The predicted molar refractivity (Wildman–Crippen MR) is 133 cm³/mol. The van der Waals surface area contributed by atoms with Gasteiger partial charge in [0.2, 0.25) is 5.91 Å². The molecule has 3 rings (SSSR count). The topological polar surface area (TPSA) is 150 Å². The van der Waals surface area contributed by atoms with Gasteiger partial charge in [0.05, 0.1) is 17.4 Å². The van der Waals surface area contributed by atoms with E-state index in [4.69, 9.17) is 0 Å². The normalized spacial score (nSPS) is 16.1. The number of hydrogen-bond acceptors (Lipinski definition) is 6. The summed E-state index contributed by atoms with van der Waals surface area (Å²) >= 11 is 0. The van der Waals surface area contributed by atoms with Crippen LogP contribution in [0, 0.1) is 27.2 Å². The Morgan fingerprint density at radius 3 is 2.26 bits per heavy atom. The van der Waals surface area contributed by atoms with Gasteiger partial charge >= 0.3 is 5.97 Å². The highest BCUT2D eigenvalue weighted by Crippen LogP contribution is 2.27. The Bertz CT molecular complexity index is 1290. The van der Waals surface area contributed by atoms with Crippen molar-refractivity contribution in [2.75, 3.05) is 13.1 Å². The molecule has 0 radical (unpaired) electrons. The van der Waals surface area contributed by atoms with E-state index in [1.807, 2.05) is 0 Å². The molecule has 1 aliphatic heterocycles. The van der Waals surface area contributed by atoms with Gasteiger partial charge in [-0.3, -0.25) is 29.3 Å². The van der Waals surface area contributed by atoms with Crippen molar-refractivity contribution in [1.82, 2.24) is 15.1 Å².